The summed E-state index contributed by atoms with van der Waals surface area (Å²) in [6.07, 6.45) is 2.98. The van der Waals surface area contributed by atoms with E-state index in [1.165, 1.54) is 12.4 Å². The SMILES string of the molecule is CC(C)N1CC(c2cnc(Oc3ccccc3)cn2)=C(O)C1=O. The molecular formula is C17H17N3O3. The van der Waals surface area contributed by atoms with Crippen LogP contribution in [0.1, 0.15) is 19.5 Å². The molecule has 6 nitrogen and oxygen atoms in total. The summed E-state index contributed by atoms with van der Waals surface area (Å²) >= 11 is 0. The summed E-state index contributed by atoms with van der Waals surface area (Å²) in [7, 11) is 0. The summed E-state index contributed by atoms with van der Waals surface area (Å²) in [6.45, 7) is 4.13. The predicted molar refractivity (Wildman–Crippen MR) is 84.9 cm³/mol. The molecule has 1 aromatic carbocycles. The molecule has 1 amide bonds. The average molecular weight is 311 g/mol. The Labute approximate surface area is 134 Å². The minimum Gasteiger partial charge on any atom is -0.503 e. The number of benzene rings is 1. The van der Waals surface area contributed by atoms with Crippen LogP contribution in [0.3, 0.4) is 0 Å². The van der Waals surface area contributed by atoms with Crippen LogP contribution in [0.2, 0.25) is 0 Å². The number of nitrogens with zero attached hydrogens (tertiary/aromatic N) is 3. The highest BCUT2D eigenvalue weighted by Crippen LogP contribution is 2.27. The Morgan fingerprint density at radius 3 is 2.48 bits per heavy atom. The van der Waals surface area contributed by atoms with Gasteiger partial charge in [-0.15, -0.1) is 0 Å². The summed E-state index contributed by atoms with van der Waals surface area (Å²) in [5.74, 6) is 0.384. The smallest absolute Gasteiger partial charge is 0.289 e. The van der Waals surface area contributed by atoms with E-state index in [9.17, 15) is 9.90 Å². The number of hydrogen-bond acceptors (Lipinski definition) is 5. The van der Waals surface area contributed by atoms with Crippen LogP contribution in [0.4, 0.5) is 0 Å². The number of aliphatic hydroxyl groups is 1. The van der Waals surface area contributed by atoms with Crippen molar-refractivity contribution in [3.63, 3.8) is 0 Å². The molecule has 6 heteroatoms. The zero-order valence-corrected chi connectivity index (χ0v) is 12.9. The van der Waals surface area contributed by atoms with Gasteiger partial charge in [0.2, 0.25) is 5.88 Å². The molecule has 0 spiro atoms. The average Bonchev–Trinajstić information content (AvgIpc) is 2.85. The highest BCUT2D eigenvalue weighted by Gasteiger charge is 2.33. The number of ether oxygens (including phenoxy) is 1. The first-order valence-corrected chi connectivity index (χ1v) is 7.34. The summed E-state index contributed by atoms with van der Waals surface area (Å²) < 4.78 is 5.57. The molecule has 0 fully saturated rings. The summed E-state index contributed by atoms with van der Waals surface area (Å²) in [6, 6.07) is 9.28. The number of carbonyl (C=O) groups is 1. The van der Waals surface area contributed by atoms with Gasteiger partial charge in [-0.2, -0.15) is 0 Å². The normalized spacial score (nSPS) is 14.7. The molecule has 23 heavy (non-hydrogen) atoms. The standard InChI is InChI=1S/C17H17N3O3/c1-11(2)20-10-13(16(21)17(20)22)14-8-19-15(9-18-14)23-12-6-4-3-5-7-12/h3-9,11,21H,10H2,1-2H3. The largest absolute Gasteiger partial charge is 0.503 e. The Bertz CT molecular complexity index is 739. The number of amides is 1. The van der Waals surface area contributed by atoms with Crippen LogP contribution in [0.15, 0.2) is 48.5 Å². The number of hydrogen-bond donors (Lipinski definition) is 1. The van der Waals surface area contributed by atoms with Gasteiger partial charge in [0, 0.05) is 11.6 Å². The fraction of sp³-hybridized carbons (Fsp3) is 0.235. The topological polar surface area (TPSA) is 75.6 Å². The van der Waals surface area contributed by atoms with Crippen LogP contribution in [-0.4, -0.2) is 38.5 Å². The molecule has 1 aromatic heterocycles. The molecule has 1 aliphatic rings. The number of carbonyl (C=O) groups excluding carboxylic acids is 1. The second-order valence-corrected chi connectivity index (χ2v) is 5.51. The van der Waals surface area contributed by atoms with Gasteiger partial charge in [-0.25, -0.2) is 9.97 Å². The molecule has 3 rings (SSSR count). The number of rotatable bonds is 4. The van der Waals surface area contributed by atoms with Crippen LogP contribution in [0.25, 0.3) is 5.57 Å². The Balaban J connectivity index is 1.79. The maximum atomic E-state index is 12.0. The molecular weight excluding hydrogens is 294 g/mol. The molecule has 0 bridgehead atoms. The Morgan fingerprint density at radius 1 is 1.17 bits per heavy atom. The van der Waals surface area contributed by atoms with E-state index >= 15 is 0 Å². The lowest BCUT2D eigenvalue weighted by Gasteiger charge is -2.20. The molecule has 2 aromatic rings. The molecule has 2 heterocycles. The maximum Gasteiger partial charge on any atom is 0.289 e. The summed E-state index contributed by atoms with van der Waals surface area (Å²) in [5, 5.41) is 10.0. The van der Waals surface area contributed by atoms with Crippen LogP contribution >= 0.6 is 0 Å². The minimum atomic E-state index is -0.374. The van der Waals surface area contributed by atoms with Gasteiger partial charge in [0.15, 0.2) is 5.76 Å². The first kappa shape index (κ1) is 15.0. The van der Waals surface area contributed by atoms with E-state index in [1.807, 2.05) is 44.2 Å². The number of para-hydroxylation sites is 1. The van der Waals surface area contributed by atoms with E-state index in [1.54, 1.807) is 4.90 Å². The van der Waals surface area contributed by atoms with E-state index in [0.29, 0.717) is 29.4 Å². The van der Waals surface area contributed by atoms with E-state index in [0.717, 1.165) is 0 Å². The van der Waals surface area contributed by atoms with E-state index in [4.69, 9.17) is 4.74 Å². The van der Waals surface area contributed by atoms with Crippen LogP contribution in [-0.2, 0) is 4.79 Å². The van der Waals surface area contributed by atoms with Crippen molar-refractivity contribution in [2.24, 2.45) is 0 Å². The molecule has 1 aliphatic heterocycles. The highest BCUT2D eigenvalue weighted by atomic mass is 16.5. The second-order valence-electron chi connectivity index (χ2n) is 5.51. The molecule has 0 saturated heterocycles. The predicted octanol–water partition coefficient (Wildman–Crippen LogP) is 2.79. The Kier molecular flexibility index (Phi) is 3.97. The molecule has 0 unspecified atom stereocenters. The molecule has 0 radical (unpaired) electrons. The van der Waals surface area contributed by atoms with Crippen molar-refractivity contribution >= 4 is 11.5 Å². The van der Waals surface area contributed by atoms with Crippen molar-refractivity contribution in [1.29, 1.82) is 0 Å². The molecule has 118 valence electrons. The first-order chi connectivity index (χ1) is 11.1. The lowest BCUT2D eigenvalue weighted by molar-refractivity contribution is -0.129. The quantitative estimate of drug-likeness (QED) is 0.939. The van der Waals surface area contributed by atoms with E-state index in [-0.39, 0.29) is 17.7 Å². The molecule has 1 N–H and O–H groups in total. The van der Waals surface area contributed by atoms with Crippen molar-refractivity contribution in [1.82, 2.24) is 14.9 Å². The summed E-state index contributed by atoms with van der Waals surface area (Å²) in [4.78, 5) is 22.0. The van der Waals surface area contributed by atoms with Crippen LogP contribution in [0, 0.1) is 0 Å². The molecule has 0 atom stereocenters. The lowest BCUT2D eigenvalue weighted by Crippen LogP contribution is -2.33. The number of aromatic nitrogens is 2. The van der Waals surface area contributed by atoms with Gasteiger partial charge in [0.25, 0.3) is 5.91 Å². The zero-order chi connectivity index (χ0) is 16.4. The molecule has 0 saturated carbocycles. The third kappa shape index (κ3) is 3.01. The van der Waals surface area contributed by atoms with Gasteiger partial charge in [-0.3, -0.25) is 4.79 Å². The Hall–Kier alpha value is -2.89. The van der Waals surface area contributed by atoms with Gasteiger partial charge >= 0.3 is 0 Å². The number of aliphatic hydroxyl groups excluding tert-OH is 1. The Morgan fingerprint density at radius 2 is 1.91 bits per heavy atom. The van der Waals surface area contributed by atoms with Crippen molar-refractivity contribution in [2.75, 3.05) is 6.54 Å². The fourth-order valence-electron chi connectivity index (χ4n) is 2.34. The summed E-state index contributed by atoms with van der Waals surface area (Å²) in [5.41, 5.74) is 0.960. The van der Waals surface area contributed by atoms with E-state index < -0.39 is 0 Å². The monoisotopic (exact) mass is 311 g/mol. The lowest BCUT2D eigenvalue weighted by atomic mass is 10.2. The fourth-order valence-corrected chi connectivity index (χ4v) is 2.34. The molecule has 0 aliphatic carbocycles. The van der Waals surface area contributed by atoms with E-state index in [2.05, 4.69) is 9.97 Å². The van der Waals surface area contributed by atoms with Crippen molar-refractivity contribution < 1.29 is 14.6 Å². The van der Waals surface area contributed by atoms with Crippen molar-refractivity contribution in [3.8, 4) is 11.6 Å². The third-order valence-electron chi connectivity index (χ3n) is 3.60. The first-order valence-electron chi connectivity index (χ1n) is 7.34. The van der Waals surface area contributed by atoms with Gasteiger partial charge in [0.05, 0.1) is 24.6 Å². The van der Waals surface area contributed by atoms with Gasteiger partial charge < -0.3 is 14.7 Å². The minimum absolute atomic E-state index is 0.01000. The van der Waals surface area contributed by atoms with Gasteiger partial charge in [-0.1, -0.05) is 18.2 Å². The van der Waals surface area contributed by atoms with Gasteiger partial charge in [-0.05, 0) is 26.0 Å². The highest BCUT2D eigenvalue weighted by molar-refractivity contribution is 6.03. The van der Waals surface area contributed by atoms with Crippen molar-refractivity contribution in [3.05, 3.63) is 54.2 Å². The second kappa shape index (κ2) is 6.08. The van der Waals surface area contributed by atoms with Crippen molar-refractivity contribution in [2.45, 2.75) is 19.9 Å². The van der Waals surface area contributed by atoms with Crippen LogP contribution in [0.5, 0.6) is 11.6 Å². The van der Waals surface area contributed by atoms with Crippen LogP contribution < -0.4 is 4.74 Å². The third-order valence-corrected chi connectivity index (χ3v) is 3.60. The maximum absolute atomic E-state index is 12.0. The van der Waals surface area contributed by atoms with Gasteiger partial charge in [0.1, 0.15) is 5.75 Å². The zero-order valence-electron chi connectivity index (χ0n) is 12.9.